The molecule has 5 aromatic rings. The van der Waals surface area contributed by atoms with Crippen molar-refractivity contribution in [2.45, 2.75) is 17.8 Å². The van der Waals surface area contributed by atoms with Gasteiger partial charge >= 0.3 is 0 Å². The van der Waals surface area contributed by atoms with E-state index in [0.717, 1.165) is 21.9 Å². The molecule has 0 unspecified atom stereocenters. The molecule has 0 saturated heterocycles. The number of nitrogens with zero attached hydrogens (tertiary/aromatic N) is 4. The molecule has 0 fully saturated rings. The molecule has 0 radical (unpaired) electrons. The van der Waals surface area contributed by atoms with E-state index in [4.69, 9.17) is 16.0 Å². The predicted molar refractivity (Wildman–Crippen MR) is 135 cm³/mol. The minimum atomic E-state index is -0.237. The van der Waals surface area contributed by atoms with Crippen LogP contribution in [0, 0.1) is 6.92 Å². The van der Waals surface area contributed by atoms with Crippen LogP contribution >= 0.6 is 34.7 Å². The van der Waals surface area contributed by atoms with E-state index >= 15 is 0 Å². The molecule has 0 aliphatic carbocycles. The molecule has 1 amide bonds. The van der Waals surface area contributed by atoms with Gasteiger partial charge in [0.15, 0.2) is 10.9 Å². The Bertz CT molecular complexity index is 1430. The second-order valence-corrected chi connectivity index (χ2v) is 9.66. The van der Waals surface area contributed by atoms with Gasteiger partial charge in [0.05, 0.1) is 17.7 Å². The molecule has 0 atom stereocenters. The van der Waals surface area contributed by atoms with Gasteiger partial charge in [0.1, 0.15) is 10.7 Å². The van der Waals surface area contributed by atoms with Crippen LogP contribution in [0.25, 0.3) is 17.3 Å². The Labute approximate surface area is 208 Å². The molecule has 0 aliphatic heterocycles. The molecule has 3 heterocycles. The van der Waals surface area contributed by atoms with E-state index in [2.05, 4.69) is 20.5 Å². The van der Waals surface area contributed by atoms with Gasteiger partial charge in [-0.1, -0.05) is 47.1 Å². The van der Waals surface area contributed by atoms with E-state index in [1.165, 1.54) is 23.1 Å². The average Bonchev–Trinajstić information content (AvgIpc) is 3.59. The number of benzene rings is 2. The number of furan rings is 1. The number of amides is 1. The lowest BCUT2D eigenvalue weighted by molar-refractivity contribution is 0.102. The first-order chi connectivity index (χ1) is 16.6. The fourth-order valence-corrected chi connectivity index (χ4v) is 5.15. The van der Waals surface area contributed by atoms with E-state index in [1.807, 2.05) is 66.1 Å². The van der Waals surface area contributed by atoms with E-state index in [9.17, 15) is 4.79 Å². The largest absolute Gasteiger partial charge is 0.461 e. The minimum absolute atomic E-state index is 0.237. The molecule has 0 bridgehead atoms. The number of hydrogen-bond donors (Lipinski definition) is 1. The van der Waals surface area contributed by atoms with Gasteiger partial charge in [0.2, 0.25) is 5.82 Å². The maximum Gasteiger partial charge on any atom is 0.275 e. The van der Waals surface area contributed by atoms with Crippen LogP contribution in [-0.4, -0.2) is 25.7 Å². The number of halogens is 1. The van der Waals surface area contributed by atoms with E-state index in [-0.39, 0.29) is 5.91 Å². The zero-order valence-corrected chi connectivity index (χ0v) is 20.3. The number of rotatable bonds is 7. The summed E-state index contributed by atoms with van der Waals surface area (Å²) >= 11 is 9.13. The first-order valence-electron chi connectivity index (χ1n) is 10.3. The summed E-state index contributed by atoms with van der Waals surface area (Å²) in [6.07, 6.45) is 1.60. The number of anilines is 1. The Hall–Kier alpha value is -3.40. The summed E-state index contributed by atoms with van der Waals surface area (Å²) in [5.74, 6) is 1.47. The molecular weight excluding hydrogens is 490 g/mol. The van der Waals surface area contributed by atoms with Crippen molar-refractivity contribution in [3.05, 3.63) is 93.6 Å². The number of aromatic nitrogens is 4. The SMILES string of the molecule is Cc1ccc(NC(=O)c2csc(CSc3nnc(-c4ccco4)n3-c3cccc(Cl)c3)n2)cc1. The summed E-state index contributed by atoms with van der Waals surface area (Å²) in [5, 5.41) is 15.4. The van der Waals surface area contributed by atoms with Crippen LogP contribution < -0.4 is 5.32 Å². The Morgan fingerprint density at radius 1 is 1.15 bits per heavy atom. The van der Waals surface area contributed by atoms with Gasteiger partial charge in [-0.2, -0.15) is 0 Å². The molecule has 170 valence electrons. The minimum Gasteiger partial charge on any atom is -0.461 e. The van der Waals surface area contributed by atoms with Gasteiger partial charge in [-0.15, -0.1) is 21.5 Å². The summed E-state index contributed by atoms with van der Waals surface area (Å²) in [4.78, 5) is 17.1. The van der Waals surface area contributed by atoms with Crippen molar-refractivity contribution >= 4 is 46.3 Å². The van der Waals surface area contributed by atoms with E-state index in [1.54, 1.807) is 17.7 Å². The number of nitrogens with one attached hydrogen (secondary N) is 1. The Balaban J connectivity index is 1.34. The van der Waals surface area contributed by atoms with Gasteiger partial charge in [0, 0.05) is 16.1 Å². The third-order valence-electron chi connectivity index (χ3n) is 4.86. The average molecular weight is 508 g/mol. The van der Waals surface area contributed by atoms with Crippen LogP contribution in [0.3, 0.4) is 0 Å². The summed E-state index contributed by atoms with van der Waals surface area (Å²) < 4.78 is 7.45. The normalized spacial score (nSPS) is 11.0. The maximum atomic E-state index is 12.6. The monoisotopic (exact) mass is 507 g/mol. The van der Waals surface area contributed by atoms with Crippen molar-refractivity contribution in [3.63, 3.8) is 0 Å². The van der Waals surface area contributed by atoms with Crippen molar-refractivity contribution in [2.24, 2.45) is 0 Å². The third kappa shape index (κ3) is 4.91. The second-order valence-electron chi connectivity index (χ2n) is 7.33. The highest BCUT2D eigenvalue weighted by atomic mass is 35.5. The topological polar surface area (TPSA) is 85.8 Å². The number of aryl methyl sites for hydroxylation is 1. The van der Waals surface area contributed by atoms with Crippen LogP contribution in [0.5, 0.6) is 0 Å². The van der Waals surface area contributed by atoms with E-state index in [0.29, 0.717) is 33.2 Å². The molecule has 2 aromatic carbocycles. The fourth-order valence-electron chi connectivity index (χ4n) is 3.22. The molecule has 0 aliphatic rings. The smallest absolute Gasteiger partial charge is 0.275 e. The highest BCUT2D eigenvalue weighted by molar-refractivity contribution is 7.98. The number of carbonyl (C=O) groups is 1. The van der Waals surface area contributed by atoms with Crippen molar-refractivity contribution in [1.82, 2.24) is 19.7 Å². The quantitative estimate of drug-likeness (QED) is 0.253. The van der Waals surface area contributed by atoms with Crippen molar-refractivity contribution in [3.8, 4) is 17.3 Å². The highest BCUT2D eigenvalue weighted by Crippen LogP contribution is 2.31. The summed E-state index contributed by atoms with van der Waals surface area (Å²) in [7, 11) is 0. The highest BCUT2D eigenvalue weighted by Gasteiger charge is 2.19. The summed E-state index contributed by atoms with van der Waals surface area (Å²) in [5.41, 5.74) is 3.07. The molecule has 34 heavy (non-hydrogen) atoms. The third-order valence-corrected chi connectivity index (χ3v) is 7.07. The van der Waals surface area contributed by atoms with Gasteiger partial charge in [-0.25, -0.2) is 4.98 Å². The van der Waals surface area contributed by atoms with Crippen molar-refractivity contribution in [2.75, 3.05) is 5.32 Å². The molecule has 7 nitrogen and oxygen atoms in total. The fraction of sp³-hybridized carbons (Fsp3) is 0.0833. The zero-order valence-electron chi connectivity index (χ0n) is 17.9. The van der Waals surface area contributed by atoms with Crippen LogP contribution in [0.1, 0.15) is 21.1 Å². The standard InChI is InChI=1S/C24H18ClN5O2S2/c1-15-7-9-17(10-8-15)26-23(31)19-13-33-21(27-19)14-34-24-29-28-22(20-6-3-11-32-20)30(24)18-5-2-4-16(25)12-18/h2-13H,14H2,1H3,(H,26,31). The van der Waals surface area contributed by atoms with Gasteiger partial charge < -0.3 is 9.73 Å². The van der Waals surface area contributed by atoms with Crippen LogP contribution in [0.2, 0.25) is 5.02 Å². The lowest BCUT2D eigenvalue weighted by Gasteiger charge is -2.09. The van der Waals surface area contributed by atoms with Crippen LogP contribution in [-0.2, 0) is 5.75 Å². The Kier molecular flexibility index (Phi) is 6.48. The molecule has 5 rings (SSSR count). The number of thioether (sulfide) groups is 1. The lowest BCUT2D eigenvalue weighted by atomic mass is 10.2. The molecule has 10 heteroatoms. The summed E-state index contributed by atoms with van der Waals surface area (Å²) in [6.45, 7) is 2.00. The van der Waals surface area contributed by atoms with Crippen LogP contribution in [0.4, 0.5) is 5.69 Å². The number of hydrogen-bond acceptors (Lipinski definition) is 7. The van der Waals surface area contributed by atoms with Gasteiger partial charge in [-0.3, -0.25) is 9.36 Å². The lowest BCUT2D eigenvalue weighted by Crippen LogP contribution is -2.12. The molecule has 3 aromatic heterocycles. The summed E-state index contributed by atoms with van der Waals surface area (Å²) in [6, 6.07) is 18.7. The van der Waals surface area contributed by atoms with Crippen LogP contribution in [0.15, 0.2) is 81.9 Å². The number of thiazole rings is 1. The Morgan fingerprint density at radius 3 is 2.76 bits per heavy atom. The maximum absolute atomic E-state index is 12.6. The van der Waals surface area contributed by atoms with Gasteiger partial charge in [0.25, 0.3) is 5.91 Å². The van der Waals surface area contributed by atoms with E-state index < -0.39 is 0 Å². The molecule has 0 spiro atoms. The first kappa shape index (κ1) is 22.4. The van der Waals surface area contributed by atoms with Gasteiger partial charge in [-0.05, 0) is 49.4 Å². The predicted octanol–water partition coefficient (Wildman–Crippen LogP) is 6.49. The first-order valence-corrected chi connectivity index (χ1v) is 12.5. The van der Waals surface area contributed by atoms with Crippen molar-refractivity contribution in [1.29, 1.82) is 0 Å². The molecular formula is C24H18ClN5O2S2. The Morgan fingerprint density at radius 2 is 2.00 bits per heavy atom. The molecule has 1 N–H and O–H groups in total. The zero-order chi connectivity index (χ0) is 23.5. The molecule has 0 saturated carbocycles. The van der Waals surface area contributed by atoms with Crippen molar-refractivity contribution < 1.29 is 9.21 Å². The second kappa shape index (κ2) is 9.84. The number of carbonyl (C=O) groups excluding carboxylic acids is 1.